The summed E-state index contributed by atoms with van der Waals surface area (Å²) < 4.78 is 0. The molecule has 0 spiro atoms. The standard InChI is InChI=1S/C16H20N2/c1-4-13-12-7-10(2)9-16(13,17)14-6-5-11(3)18-15(14)8-12/h4-7,12H,8-9,17H2,1-3H3/b13-4+/t12?,16-/m0/s1. The molecule has 0 fully saturated rings. The molecule has 0 aromatic carbocycles. The monoisotopic (exact) mass is 240 g/mol. The molecular weight excluding hydrogens is 220 g/mol. The Labute approximate surface area is 109 Å². The van der Waals surface area contributed by atoms with E-state index in [4.69, 9.17) is 10.7 Å². The van der Waals surface area contributed by atoms with Crippen LogP contribution < -0.4 is 5.73 Å². The number of nitrogens with two attached hydrogens (primary N) is 1. The summed E-state index contributed by atoms with van der Waals surface area (Å²) in [4.78, 5) is 4.70. The van der Waals surface area contributed by atoms with Crippen LogP contribution in [0.3, 0.4) is 0 Å². The highest BCUT2D eigenvalue weighted by molar-refractivity contribution is 5.49. The third-order valence-electron chi connectivity index (χ3n) is 4.28. The van der Waals surface area contributed by atoms with Gasteiger partial charge in [-0.15, -0.1) is 0 Å². The minimum atomic E-state index is -0.327. The van der Waals surface area contributed by atoms with Gasteiger partial charge < -0.3 is 5.73 Å². The molecule has 0 saturated heterocycles. The van der Waals surface area contributed by atoms with Gasteiger partial charge in [-0.05, 0) is 44.4 Å². The van der Waals surface area contributed by atoms with Crippen molar-refractivity contribution in [2.75, 3.05) is 0 Å². The van der Waals surface area contributed by atoms with Crippen molar-refractivity contribution in [3.8, 4) is 0 Å². The lowest BCUT2D eigenvalue weighted by Crippen LogP contribution is -2.47. The predicted molar refractivity (Wildman–Crippen MR) is 74.2 cm³/mol. The fourth-order valence-corrected chi connectivity index (χ4v) is 3.64. The normalized spacial score (nSPS) is 32.1. The molecule has 0 saturated carbocycles. The Bertz CT molecular complexity index is 568. The Kier molecular flexibility index (Phi) is 2.46. The summed E-state index contributed by atoms with van der Waals surface area (Å²) in [7, 11) is 0. The number of hydrogen-bond donors (Lipinski definition) is 1. The number of hydrogen-bond acceptors (Lipinski definition) is 2. The first-order valence-electron chi connectivity index (χ1n) is 6.64. The molecule has 0 aliphatic heterocycles. The van der Waals surface area contributed by atoms with Crippen LogP contribution in [0.1, 0.15) is 37.2 Å². The largest absolute Gasteiger partial charge is 0.318 e. The van der Waals surface area contributed by atoms with Gasteiger partial charge in [0.15, 0.2) is 0 Å². The zero-order valence-electron chi connectivity index (χ0n) is 11.3. The molecule has 2 atom stereocenters. The molecule has 2 bridgehead atoms. The van der Waals surface area contributed by atoms with Crippen LogP contribution in [-0.4, -0.2) is 4.98 Å². The van der Waals surface area contributed by atoms with E-state index in [9.17, 15) is 0 Å². The summed E-state index contributed by atoms with van der Waals surface area (Å²) >= 11 is 0. The predicted octanol–water partition coefficient (Wildman–Crippen LogP) is 3.01. The highest BCUT2D eigenvalue weighted by Crippen LogP contribution is 2.47. The molecule has 2 aliphatic rings. The average Bonchev–Trinajstić information content (AvgIpc) is 2.26. The van der Waals surface area contributed by atoms with E-state index in [0.29, 0.717) is 5.92 Å². The van der Waals surface area contributed by atoms with E-state index in [1.54, 1.807) is 0 Å². The van der Waals surface area contributed by atoms with Crippen LogP contribution in [0.15, 0.2) is 35.4 Å². The van der Waals surface area contributed by atoms with E-state index in [0.717, 1.165) is 18.5 Å². The van der Waals surface area contributed by atoms with Gasteiger partial charge in [0.1, 0.15) is 0 Å². The van der Waals surface area contributed by atoms with Gasteiger partial charge in [0, 0.05) is 23.7 Å². The van der Waals surface area contributed by atoms with Gasteiger partial charge in [-0.25, -0.2) is 0 Å². The average molecular weight is 240 g/mol. The summed E-state index contributed by atoms with van der Waals surface area (Å²) in [6.07, 6.45) is 6.48. The van der Waals surface area contributed by atoms with Crippen molar-refractivity contribution in [3.05, 3.63) is 52.4 Å². The van der Waals surface area contributed by atoms with E-state index in [1.807, 2.05) is 6.92 Å². The van der Waals surface area contributed by atoms with Crippen molar-refractivity contribution >= 4 is 0 Å². The first-order valence-corrected chi connectivity index (χ1v) is 6.64. The summed E-state index contributed by atoms with van der Waals surface area (Å²) in [5.41, 5.74) is 12.7. The molecule has 2 nitrogen and oxygen atoms in total. The Morgan fingerprint density at radius 1 is 1.39 bits per heavy atom. The maximum Gasteiger partial charge on any atom is 0.0686 e. The molecule has 18 heavy (non-hydrogen) atoms. The Morgan fingerprint density at radius 2 is 2.17 bits per heavy atom. The summed E-state index contributed by atoms with van der Waals surface area (Å²) in [6.45, 7) is 6.34. The molecule has 3 rings (SSSR count). The maximum atomic E-state index is 6.76. The molecule has 94 valence electrons. The van der Waals surface area contributed by atoms with Crippen molar-refractivity contribution in [2.24, 2.45) is 11.7 Å². The topological polar surface area (TPSA) is 38.9 Å². The minimum absolute atomic E-state index is 0.327. The molecule has 2 N–H and O–H groups in total. The fourth-order valence-electron chi connectivity index (χ4n) is 3.64. The smallest absolute Gasteiger partial charge is 0.0686 e. The zero-order chi connectivity index (χ0) is 12.9. The van der Waals surface area contributed by atoms with Gasteiger partial charge in [0.25, 0.3) is 0 Å². The molecular formula is C16H20N2. The molecule has 0 radical (unpaired) electrons. The van der Waals surface area contributed by atoms with Crippen molar-refractivity contribution < 1.29 is 0 Å². The van der Waals surface area contributed by atoms with Gasteiger partial charge in [0.2, 0.25) is 0 Å². The van der Waals surface area contributed by atoms with Crippen molar-refractivity contribution in [3.63, 3.8) is 0 Å². The van der Waals surface area contributed by atoms with Gasteiger partial charge >= 0.3 is 0 Å². The summed E-state index contributed by atoms with van der Waals surface area (Å²) in [6, 6.07) is 4.25. The highest BCUT2D eigenvalue weighted by Gasteiger charge is 2.43. The minimum Gasteiger partial charge on any atom is -0.318 e. The molecule has 1 aromatic heterocycles. The lowest BCUT2D eigenvalue weighted by Gasteiger charge is -2.45. The molecule has 2 aliphatic carbocycles. The number of fused-ring (bicyclic) bond motifs is 4. The molecule has 1 unspecified atom stereocenters. The third-order valence-corrected chi connectivity index (χ3v) is 4.28. The van der Waals surface area contributed by atoms with E-state index >= 15 is 0 Å². The second-order valence-corrected chi connectivity index (χ2v) is 5.66. The second-order valence-electron chi connectivity index (χ2n) is 5.66. The second kappa shape index (κ2) is 3.79. The lowest BCUT2D eigenvalue weighted by atomic mass is 9.63. The van der Waals surface area contributed by atoms with Gasteiger partial charge in [0.05, 0.1) is 5.54 Å². The van der Waals surface area contributed by atoms with Crippen molar-refractivity contribution in [2.45, 2.75) is 39.2 Å². The number of allylic oxidation sites excluding steroid dienone is 2. The molecule has 2 heteroatoms. The van der Waals surface area contributed by atoms with Crippen LogP contribution in [0.4, 0.5) is 0 Å². The molecule has 1 aromatic rings. The number of aryl methyl sites for hydroxylation is 1. The zero-order valence-corrected chi connectivity index (χ0v) is 11.3. The number of pyridine rings is 1. The SMILES string of the molecule is C/C=C1\C2C=C(C)C[C@@]1(N)c1ccc(C)nc1C2. The Hall–Kier alpha value is -1.41. The van der Waals surface area contributed by atoms with Gasteiger partial charge in [-0.2, -0.15) is 0 Å². The lowest BCUT2D eigenvalue weighted by molar-refractivity contribution is 0.409. The first-order chi connectivity index (χ1) is 8.54. The van der Waals surface area contributed by atoms with E-state index < -0.39 is 0 Å². The molecule has 1 heterocycles. The van der Waals surface area contributed by atoms with Crippen molar-refractivity contribution in [1.29, 1.82) is 0 Å². The van der Waals surface area contributed by atoms with Crippen LogP contribution in [-0.2, 0) is 12.0 Å². The summed E-state index contributed by atoms with van der Waals surface area (Å²) in [5, 5.41) is 0. The van der Waals surface area contributed by atoms with Crippen LogP contribution >= 0.6 is 0 Å². The Balaban J connectivity index is 2.25. The van der Waals surface area contributed by atoms with E-state index in [-0.39, 0.29) is 5.54 Å². The van der Waals surface area contributed by atoms with Crippen LogP contribution in [0.5, 0.6) is 0 Å². The first kappa shape index (κ1) is 11.7. The fraction of sp³-hybridized carbons (Fsp3) is 0.438. The maximum absolute atomic E-state index is 6.76. The highest BCUT2D eigenvalue weighted by atomic mass is 14.8. The third kappa shape index (κ3) is 1.49. The summed E-state index contributed by atoms with van der Waals surface area (Å²) in [5.74, 6) is 0.440. The van der Waals surface area contributed by atoms with Crippen LogP contribution in [0, 0.1) is 12.8 Å². The number of nitrogens with zero attached hydrogens (tertiary/aromatic N) is 1. The van der Waals surface area contributed by atoms with E-state index in [1.165, 1.54) is 22.4 Å². The quantitative estimate of drug-likeness (QED) is 0.708. The molecule has 0 amide bonds. The van der Waals surface area contributed by atoms with Crippen LogP contribution in [0.25, 0.3) is 0 Å². The van der Waals surface area contributed by atoms with Crippen LogP contribution in [0.2, 0.25) is 0 Å². The number of rotatable bonds is 0. The van der Waals surface area contributed by atoms with E-state index in [2.05, 4.69) is 38.1 Å². The van der Waals surface area contributed by atoms with Crippen molar-refractivity contribution in [1.82, 2.24) is 4.98 Å². The van der Waals surface area contributed by atoms with Gasteiger partial charge in [-0.3, -0.25) is 4.98 Å². The Morgan fingerprint density at radius 3 is 2.89 bits per heavy atom. The van der Waals surface area contributed by atoms with Gasteiger partial charge in [-0.1, -0.05) is 23.8 Å². The number of aromatic nitrogens is 1.